The molecule has 0 bridgehead atoms. The SMILES string of the molecule is COc1cccc(Oc2c(CN(C[C@@H]3CCCO3)C(=O)c3ccco3)c(-c3ccccc3)nn2C)c1. The zero-order valence-electron chi connectivity index (χ0n) is 20.4. The van der Waals surface area contributed by atoms with Crippen molar-refractivity contribution in [3.63, 3.8) is 0 Å². The Morgan fingerprint density at radius 3 is 2.67 bits per heavy atom. The Balaban J connectivity index is 1.55. The summed E-state index contributed by atoms with van der Waals surface area (Å²) in [6.07, 6.45) is 3.38. The molecule has 1 aliphatic heterocycles. The minimum atomic E-state index is -0.203. The van der Waals surface area contributed by atoms with Crippen molar-refractivity contribution >= 4 is 5.91 Å². The van der Waals surface area contributed by atoms with Gasteiger partial charge in [-0.25, -0.2) is 4.68 Å². The van der Waals surface area contributed by atoms with E-state index in [-0.39, 0.29) is 24.3 Å². The summed E-state index contributed by atoms with van der Waals surface area (Å²) < 4.78 is 24.7. The van der Waals surface area contributed by atoms with Gasteiger partial charge in [-0.3, -0.25) is 4.79 Å². The maximum atomic E-state index is 13.5. The van der Waals surface area contributed by atoms with Gasteiger partial charge in [0.05, 0.1) is 31.6 Å². The molecule has 1 fully saturated rings. The number of carbonyl (C=O) groups excluding carboxylic acids is 1. The average molecular weight is 488 g/mol. The Morgan fingerprint density at radius 2 is 1.94 bits per heavy atom. The van der Waals surface area contributed by atoms with Crippen LogP contribution in [0.25, 0.3) is 11.3 Å². The van der Waals surface area contributed by atoms with E-state index in [1.807, 2.05) is 61.6 Å². The smallest absolute Gasteiger partial charge is 0.289 e. The highest BCUT2D eigenvalue weighted by atomic mass is 16.5. The van der Waals surface area contributed by atoms with E-state index in [1.165, 1.54) is 6.26 Å². The fourth-order valence-electron chi connectivity index (χ4n) is 4.43. The molecule has 0 spiro atoms. The monoisotopic (exact) mass is 487 g/mol. The van der Waals surface area contributed by atoms with E-state index in [1.54, 1.807) is 28.8 Å². The van der Waals surface area contributed by atoms with Crippen molar-refractivity contribution in [2.45, 2.75) is 25.5 Å². The van der Waals surface area contributed by atoms with Crippen LogP contribution < -0.4 is 9.47 Å². The van der Waals surface area contributed by atoms with E-state index in [0.717, 1.165) is 29.7 Å². The minimum absolute atomic E-state index is 0.0245. The Bertz CT molecular complexity index is 1290. The highest BCUT2D eigenvalue weighted by Gasteiger charge is 2.29. The van der Waals surface area contributed by atoms with Gasteiger partial charge in [0, 0.05) is 31.8 Å². The molecule has 36 heavy (non-hydrogen) atoms. The molecule has 1 amide bonds. The topological polar surface area (TPSA) is 79.0 Å². The first-order valence-electron chi connectivity index (χ1n) is 12.0. The predicted molar refractivity (Wildman–Crippen MR) is 134 cm³/mol. The Morgan fingerprint density at radius 1 is 1.11 bits per heavy atom. The highest BCUT2D eigenvalue weighted by Crippen LogP contribution is 2.35. The van der Waals surface area contributed by atoms with Crippen LogP contribution in [0.4, 0.5) is 0 Å². The van der Waals surface area contributed by atoms with Crippen LogP contribution in [0.3, 0.4) is 0 Å². The second-order valence-corrected chi connectivity index (χ2v) is 8.70. The van der Waals surface area contributed by atoms with Gasteiger partial charge in [-0.05, 0) is 37.1 Å². The van der Waals surface area contributed by atoms with Crippen LogP contribution in [0.1, 0.15) is 29.0 Å². The number of hydrogen-bond acceptors (Lipinski definition) is 6. The number of furan rings is 1. The number of aryl methyl sites for hydroxylation is 1. The summed E-state index contributed by atoms with van der Waals surface area (Å²) in [7, 11) is 3.45. The van der Waals surface area contributed by atoms with Crippen molar-refractivity contribution in [2.24, 2.45) is 7.05 Å². The van der Waals surface area contributed by atoms with Gasteiger partial charge in [-0.15, -0.1) is 0 Å². The molecule has 1 saturated heterocycles. The number of carbonyl (C=O) groups is 1. The zero-order valence-corrected chi connectivity index (χ0v) is 20.4. The molecule has 8 nitrogen and oxygen atoms in total. The molecule has 2 aromatic carbocycles. The van der Waals surface area contributed by atoms with Gasteiger partial charge in [-0.1, -0.05) is 36.4 Å². The lowest BCUT2D eigenvalue weighted by Gasteiger charge is -2.25. The van der Waals surface area contributed by atoms with Gasteiger partial charge in [0.15, 0.2) is 5.76 Å². The van der Waals surface area contributed by atoms with Gasteiger partial charge >= 0.3 is 0 Å². The standard InChI is InChI=1S/C28H29N3O5/c1-30-28(36-22-12-6-11-21(17-22)33-2)24(26(29-30)20-9-4-3-5-10-20)19-31(18-23-13-7-15-34-23)27(32)25-14-8-16-35-25/h3-6,8-12,14,16-17,23H,7,13,15,18-19H2,1-2H3/t23-/m0/s1. The van der Waals surface area contributed by atoms with E-state index >= 15 is 0 Å². The summed E-state index contributed by atoms with van der Waals surface area (Å²) >= 11 is 0. The third-order valence-electron chi connectivity index (χ3n) is 6.21. The number of aromatic nitrogens is 2. The van der Waals surface area contributed by atoms with Gasteiger partial charge < -0.3 is 23.5 Å². The Hall–Kier alpha value is -4.04. The average Bonchev–Trinajstić information content (AvgIpc) is 3.68. The molecule has 4 aromatic rings. The van der Waals surface area contributed by atoms with E-state index in [0.29, 0.717) is 30.5 Å². The molecule has 2 aromatic heterocycles. The van der Waals surface area contributed by atoms with Crippen LogP contribution in [-0.4, -0.2) is 47.0 Å². The second kappa shape index (κ2) is 10.7. The second-order valence-electron chi connectivity index (χ2n) is 8.70. The van der Waals surface area contributed by atoms with Crippen LogP contribution in [-0.2, 0) is 18.3 Å². The third-order valence-corrected chi connectivity index (χ3v) is 6.21. The van der Waals surface area contributed by atoms with Crippen molar-refractivity contribution in [1.82, 2.24) is 14.7 Å². The summed E-state index contributed by atoms with van der Waals surface area (Å²) in [5.41, 5.74) is 2.48. The van der Waals surface area contributed by atoms with E-state index < -0.39 is 0 Å². The fourth-order valence-corrected chi connectivity index (χ4v) is 4.43. The number of methoxy groups -OCH3 is 1. The number of amides is 1. The molecule has 3 heterocycles. The summed E-state index contributed by atoms with van der Waals surface area (Å²) in [5.74, 6) is 1.93. The van der Waals surface area contributed by atoms with Crippen LogP contribution in [0.2, 0.25) is 0 Å². The number of hydrogen-bond donors (Lipinski definition) is 0. The normalized spacial score (nSPS) is 15.1. The maximum absolute atomic E-state index is 13.5. The van der Waals surface area contributed by atoms with Crippen LogP contribution in [0.5, 0.6) is 17.4 Å². The fraction of sp³-hybridized carbons (Fsp3) is 0.286. The Kier molecular flexibility index (Phi) is 7.04. The largest absolute Gasteiger partial charge is 0.497 e. The van der Waals surface area contributed by atoms with Gasteiger partial charge in [0.25, 0.3) is 5.91 Å². The molecule has 0 aliphatic carbocycles. The molecule has 0 saturated carbocycles. The van der Waals surface area contributed by atoms with Gasteiger partial charge in [0.1, 0.15) is 17.2 Å². The van der Waals surface area contributed by atoms with Crippen molar-refractivity contribution in [3.05, 3.63) is 84.3 Å². The highest BCUT2D eigenvalue weighted by molar-refractivity contribution is 5.91. The number of rotatable bonds is 9. The van der Waals surface area contributed by atoms with Gasteiger partial charge in [0.2, 0.25) is 5.88 Å². The Labute approximate surface area is 210 Å². The minimum Gasteiger partial charge on any atom is -0.497 e. The lowest BCUT2D eigenvalue weighted by molar-refractivity contribution is 0.0483. The van der Waals surface area contributed by atoms with Crippen molar-refractivity contribution in [3.8, 4) is 28.6 Å². The number of nitrogens with zero attached hydrogens (tertiary/aromatic N) is 3. The molecule has 1 aliphatic rings. The quantitative estimate of drug-likeness (QED) is 0.319. The van der Waals surface area contributed by atoms with Crippen molar-refractivity contribution < 1.29 is 23.4 Å². The van der Waals surface area contributed by atoms with Crippen LogP contribution in [0.15, 0.2) is 77.4 Å². The van der Waals surface area contributed by atoms with Crippen LogP contribution in [0, 0.1) is 0 Å². The maximum Gasteiger partial charge on any atom is 0.289 e. The first-order chi connectivity index (χ1) is 17.6. The number of benzene rings is 2. The molecule has 0 radical (unpaired) electrons. The molecular weight excluding hydrogens is 458 g/mol. The summed E-state index contributed by atoms with van der Waals surface area (Å²) in [6.45, 7) is 1.43. The molecular formula is C28H29N3O5. The van der Waals surface area contributed by atoms with Gasteiger partial charge in [-0.2, -0.15) is 5.10 Å². The third kappa shape index (κ3) is 5.13. The van der Waals surface area contributed by atoms with E-state index in [9.17, 15) is 4.79 Å². The first kappa shape index (κ1) is 23.7. The molecule has 8 heteroatoms. The molecule has 5 rings (SSSR count). The van der Waals surface area contributed by atoms with Crippen LogP contribution >= 0.6 is 0 Å². The summed E-state index contributed by atoms with van der Waals surface area (Å²) in [5, 5.41) is 4.79. The lowest BCUT2D eigenvalue weighted by atomic mass is 10.1. The molecule has 186 valence electrons. The van der Waals surface area contributed by atoms with Crippen molar-refractivity contribution in [2.75, 3.05) is 20.3 Å². The lowest BCUT2D eigenvalue weighted by Crippen LogP contribution is -2.37. The predicted octanol–water partition coefficient (Wildman–Crippen LogP) is 5.30. The summed E-state index contributed by atoms with van der Waals surface area (Å²) in [4.78, 5) is 15.3. The van der Waals surface area contributed by atoms with Crippen molar-refractivity contribution in [1.29, 1.82) is 0 Å². The summed E-state index contributed by atoms with van der Waals surface area (Å²) in [6, 6.07) is 20.7. The zero-order chi connectivity index (χ0) is 24.9. The van der Waals surface area contributed by atoms with E-state index in [2.05, 4.69) is 0 Å². The first-order valence-corrected chi connectivity index (χ1v) is 12.0. The molecule has 0 N–H and O–H groups in total. The number of ether oxygens (including phenoxy) is 3. The van der Waals surface area contributed by atoms with E-state index in [4.69, 9.17) is 23.7 Å². The molecule has 1 atom stereocenters. The molecule has 0 unspecified atom stereocenters.